The monoisotopic (exact) mass is 300 g/mol. The molecule has 1 saturated heterocycles. The van der Waals surface area contributed by atoms with Crippen LogP contribution in [0.2, 0.25) is 0 Å². The number of hydrogen-bond donors (Lipinski definition) is 1. The molecule has 2 rings (SSSR count). The van der Waals surface area contributed by atoms with Gasteiger partial charge < -0.3 is 9.73 Å². The molecule has 20 heavy (non-hydrogen) atoms. The lowest BCUT2D eigenvalue weighted by atomic mass is 9.93. The average molecular weight is 300 g/mol. The lowest BCUT2D eigenvalue weighted by molar-refractivity contribution is 0.375. The summed E-state index contributed by atoms with van der Waals surface area (Å²) in [4.78, 5) is 0.308. The van der Waals surface area contributed by atoms with Gasteiger partial charge in [-0.2, -0.15) is 4.31 Å². The molecule has 0 unspecified atom stereocenters. The van der Waals surface area contributed by atoms with Gasteiger partial charge in [-0.15, -0.1) is 0 Å². The summed E-state index contributed by atoms with van der Waals surface area (Å²) in [7, 11) is -3.43. The number of furan rings is 1. The average Bonchev–Trinajstić information content (AvgIpc) is 2.90. The Kier molecular flexibility index (Phi) is 4.27. The SMILES string of the molecule is CCNCc1cc(S(=O)(=O)N2CCC(C)(C)C2)c(C)o1. The zero-order chi connectivity index (χ0) is 15.0. The number of aryl methyl sites for hydroxylation is 1. The Morgan fingerprint density at radius 1 is 1.45 bits per heavy atom. The van der Waals surface area contributed by atoms with Gasteiger partial charge in [0.15, 0.2) is 0 Å². The summed E-state index contributed by atoms with van der Waals surface area (Å²) in [6.07, 6.45) is 0.896. The highest BCUT2D eigenvalue weighted by Crippen LogP contribution is 2.34. The number of rotatable bonds is 5. The molecule has 1 aliphatic rings. The quantitative estimate of drug-likeness (QED) is 0.905. The summed E-state index contributed by atoms with van der Waals surface area (Å²) in [6.45, 7) is 10.4. The Hall–Kier alpha value is -0.850. The first-order chi connectivity index (χ1) is 9.26. The van der Waals surface area contributed by atoms with E-state index in [2.05, 4.69) is 19.2 Å². The van der Waals surface area contributed by atoms with E-state index >= 15 is 0 Å². The molecule has 5 nitrogen and oxygen atoms in total. The van der Waals surface area contributed by atoms with Gasteiger partial charge in [0.05, 0.1) is 6.54 Å². The number of hydrogen-bond acceptors (Lipinski definition) is 4. The Balaban J connectivity index is 2.24. The normalized spacial score (nSPS) is 19.6. The molecule has 1 N–H and O–H groups in total. The molecule has 0 aliphatic carbocycles. The Morgan fingerprint density at radius 3 is 2.70 bits per heavy atom. The van der Waals surface area contributed by atoms with Crippen molar-refractivity contribution in [2.24, 2.45) is 5.41 Å². The second-order valence-corrected chi connectivity index (χ2v) is 8.07. The molecule has 1 aliphatic heterocycles. The van der Waals surface area contributed by atoms with Gasteiger partial charge in [0, 0.05) is 19.2 Å². The summed E-state index contributed by atoms with van der Waals surface area (Å²) in [5.41, 5.74) is 0.0529. The van der Waals surface area contributed by atoms with Crippen molar-refractivity contribution in [1.82, 2.24) is 9.62 Å². The molecule has 114 valence electrons. The van der Waals surface area contributed by atoms with Gasteiger partial charge in [0.1, 0.15) is 16.4 Å². The number of nitrogens with one attached hydrogen (secondary N) is 1. The summed E-state index contributed by atoms with van der Waals surface area (Å²) >= 11 is 0. The largest absolute Gasteiger partial charge is 0.464 e. The van der Waals surface area contributed by atoms with Crippen LogP contribution in [0.1, 0.15) is 38.7 Å². The van der Waals surface area contributed by atoms with Crippen LogP contribution in [0.5, 0.6) is 0 Å². The van der Waals surface area contributed by atoms with Gasteiger partial charge in [-0.05, 0) is 25.3 Å². The highest BCUT2D eigenvalue weighted by molar-refractivity contribution is 7.89. The van der Waals surface area contributed by atoms with Crippen molar-refractivity contribution in [2.45, 2.75) is 45.6 Å². The third-order valence-electron chi connectivity index (χ3n) is 3.73. The van der Waals surface area contributed by atoms with E-state index < -0.39 is 10.0 Å². The fourth-order valence-electron chi connectivity index (χ4n) is 2.52. The molecule has 6 heteroatoms. The van der Waals surface area contributed by atoms with Crippen molar-refractivity contribution in [3.63, 3.8) is 0 Å². The third kappa shape index (κ3) is 3.07. The van der Waals surface area contributed by atoms with Crippen molar-refractivity contribution in [3.05, 3.63) is 17.6 Å². The van der Waals surface area contributed by atoms with Crippen LogP contribution >= 0.6 is 0 Å². The van der Waals surface area contributed by atoms with Crippen LogP contribution in [0.25, 0.3) is 0 Å². The molecule has 0 amide bonds. The van der Waals surface area contributed by atoms with Gasteiger partial charge in [-0.3, -0.25) is 0 Å². The molecule has 0 atom stereocenters. The van der Waals surface area contributed by atoms with E-state index in [0.717, 1.165) is 13.0 Å². The van der Waals surface area contributed by atoms with Gasteiger partial charge in [-0.25, -0.2) is 8.42 Å². The van der Waals surface area contributed by atoms with Gasteiger partial charge in [-0.1, -0.05) is 20.8 Å². The first kappa shape index (κ1) is 15.5. The van der Waals surface area contributed by atoms with E-state index in [0.29, 0.717) is 36.1 Å². The van der Waals surface area contributed by atoms with Crippen LogP contribution in [-0.2, 0) is 16.6 Å². The zero-order valence-electron chi connectivity index (χ0n) is 12.7. The Bertz CT molecular complexity index is 575. The van der Waals surface area contributed by atoms with Crippen LogP contribution in [-0.4, -0.2) is 32.4 Å². The smallest absolute Gasteiger partial charge is 0.246 e. The molecule has 0 aromatic carbocycles. The highest BCUT2D eigenvalue weighted by atomic mass is 32.2. The Labute approximate surface area is 121 Å². The fourth-order valence-corrected chi connectivity index (χ4v) is 4.34. The predicted molar refractivity (Wildman–Crippen MR) is 78.0 cm³/mol. The molecule has 0 radical (unpaired) electrons. The van der Waals surface area contributed by atoms with E-state index in [4.69, 9.17) is 4.42 Å². The molecule has 0 saturated carbocycles. The van der Waals surface area contributed by atoms with Crippen LogP contribution in [0.4, 0.5) is 0 Å². The topological polar surface area (TPSA) is 62.6 Å². The van der Waals surface area contributed by atoms with Crippen molar-refractivity contribution in [1.29, 1.82) is 0 Å². The lowest BCUT2D eigenvalue weighted by Crippen LogP contribution is -2.30. The third-order valence-corrected chi connectivity index (χ3v) is 5.69. The molecular formula is C14H24N2O3S. The maximum atomic E-state index is 12.7. The Morgan fingerprint density at radius 2 is 2.15 bits per heavy atom. The van der Waals surface area contributed by atoms with E-state index in [9.17, 15) is 8.42 Å². The zero-order valence-corrected chi connectivity index (χ0v) is 13.5. The van der Waals surface area contributed by atoms with Crippen molar-refractivity contribution < 1.29 is 12.8 Å². The maximum absolute atomic E-state index is 12.7. The van der Waals surface area contributed by atoms with Crippen LogP contribution in [0.3, 0.4) is 0 Å². The van der Waals surface area contributed by atoms with E-state index in [1.54, 1.807) is 17.3 Å². The van der Waals surface area contributed by atoms with Crippen LogP contribution in [0.15, 0.2) is 15.4 Å². The molecule has 0 bridgehead atoms. The molecular weight excluding hydrogens is 276 g/mol. The minimum absolute atomic E-state index is 0.0529. The van der Waals surface area contributed by atoms with E-state index in [1.807, 2.05) is 6.92 Å². The summed E-state index contributed by atoms with van der Waals surface area (Å²) in [6, 6.07) is 1.65. The fraction of sp³-hybridized carbons (Fsp3) is 0.714. The second kappa shape index (κ2) is 5.50. The molecule has 2 heterocycles. The molecule has 1 fully saturated rings. The standard InChI is InChI=1S/C14H24N2O3S/c1-5-15-9-12-8-13(11(2)19-12)20(17,18)16-7-6-14(3,4)10-16/h8,15H,5-7,9-10H2,1-4H3. The molecule has 1 aromatic heterocycles. The minimum atomic E-state index is -3.43. The molecule has 0 spiro atoms. The second-order valence-electron chi connectivity index (χ2n) is 6.17. The van der Waals surface area contributed by atoms with Crippen LogP contribution < -0.4 is 5.32 Å². The van der Waals surface area contributed by atoms with Crippen molar-refractivity contribution >= 4 is 10.0 Å². The van der Waals surface area contributed by atoms with Crippen molar-refractivity contribution in [2.75, 3.05) is 19.6 Å². The van der Waals surface area contributed by atoms with Gasteiger partial charge in [0.25, 0.3) is 0 Å². The molecule has 1 aromatic rings. The minimum Gasteiger partial charge on any atom is -0.464 e. The van der Waals surface area contributed by atoms with E-state index in [-0.39, 0.29) is 5.41 Å². The first-order valence-electron chi connectivity index (χ1n) is 7.06. The van der Waals surface area contributed by atoms with Crippen molar-refractivity contribution in [3.8, 4) is 0 Å². The number of sulfonamides is 1. The maximum Gasteiger partial charge on any atom is 0.246 e. The lowest BCUT2D eigenvalue weighted by Gasteiger charge is -2.19. The van der Waals surface area contributed by atoms with E-state index in [1.165, 1.54) is 0 Å². The summed E-state index contributed by atoms with van der Waals surface area (Å²) in [5.74, 6) is 1.14. The van der Waals surface area contributed by atoms with Gasteiger partial charge >= 0.3 is 0 Å². The predicted octanol–water partition coefficient (Wildman–Crippen LogP) is 2.12. The first-order valence-corrected chi connectivity index (χ1v) is 8.50. The number of nitrogens with zero attached hydrogens (tertiary/aromatic N) is 1. The van der Waals surface area contributed by atoms with Crippen LogP contribution in [0, 0.1) is 12.3 Å². The summed E-state index contributed by atoms with van der Waals surface area (Å²) in [5, 5.41) is 3.14. The highest BCUT2D eigenvalue weighted by Gasteiger charge is 2.38. The summed E-state index contributed by atoms with van der Waals surface area (Å²) < 4.78 is 32.5. The van der Waals surface area contributed by atoms with Gasteiger partial charge in [0.2, 0.25) is 10.0 Å².